The lowest BCUT2D eigenvalue weighted by Crippen LogP contribution is -1.94. The van der Waals surface area contributed by atoms with Crippen LogP contribution >= 0.6 is 0 Å². The molecule has 0 fully saturated rings. The van der Waals surface area contributed by atoms with Crippen molar-refractivity contribution in [2.45, 2.75) is 0 Å². The highest BCUT2D eigenvalue weighted by Crippen LogP contribution is 2.34. The van der Waals surface area contributed by atoms with Crippen molar-refractivity contribution in [3.8, 4) is 22.3 Å². The molecule has 0 unspecified atom stereocenters. The van der Waals surface area contributed by atoms with Crippen molar-refractivity contribution in [1.82, 2.24) is 0 Å². The van der Waals surface area contributed by atoms with Crippen molar-refractivity contribution in [2.75, 3.05) is 5.32 Å². The largest absolute Gasteiger partial charge is 0.355 e. The fourth-order valence-electron chi connectivity index (χ4n) is 2.24. The summed E-state index contributed by atoms with van der Waals surface area (Å²) in [7, 11) is 0. The van der Waals surface area contributed by atoms with Crippen LogP contribution in [0.15, 0.2) is 109 Å². The van der Waals surface area contributed by atoms with Gasteiger partial charge >= 0.3 is 0 Å². The molecule has 4 rings (SSSR count). The SMILES string of the molecule is [2H]c1c([2H])c([2H])c(Nc2ccc(-c3c([2H])c([2H])c([2H])c([2H])c3[2H])cc2-c2c([2H])c([2H])c([2H])c([2H])c2[2H])c([2H])c1[2H]. The maximum atomic E-state index is 8.47. The highest BCUT2D eigenvalue weighted by molar-refractivity contribution is 5.85. The topological polar surface area (TPSA) is 12.0 Å². The molecule has 0 aliphatic heterocycles. The van der Waals surface area contributed by atoms with Gasteiger partial charge in [-0.15, -0.1) is 0 Å². The van der Waals surface area contributed by atoms with E-state index in [4.69, 9.17) is 20.6 Å². The molecule has 0 bridgehead atoms. The highest BCUT2D eigenvalue weighted by atomic mass is 14.9. The lowest BCUT2D eigenvalue weighted by Gasteiger charge is -2.14. The quantitative estimate of drug-likeness (QED) is 0.434. The smallest absolute Gasteiger partial charge is 0.0645 e. The average molecular weight is 337 g/mol. The Morgan fingerprint density at radius 1 is 0.560 bits per heavy atom. The van der Waals surface area contributed by atoms with Crippen molar-refractivity contribution >= 4 is 11.4 Å². The Morgan fingerprint density at radius 2 is 1.12 bits per heavy atom. The second-order valence-corrected chi connectivity index (χ2v) is 4.89. The summed E-state index contributed by atoms with van der Waals surface area (Å²) >= 11 is 0. The van der Waals surface area contributed by atoms with E-state index >= 15 is 0 Å². The van der Waals surface area contributed by atoms with Gasteiger partial charge in [0, 0.05) is 16.9 Å². The van der Waals surface area contributed by atoms with E-state index in [2.05, 4.69) is 5.32 Å². The molecule has 1 heteroatoms. The fourth-order valence-corrected chi connectivity index (χ4v) is 2.24. The van der Waals surface area contributed by atoms with Gasteiger partial charge in [0.05, 0.1) is 20.6 Å². The van der Waals surface area contributed by atoms with Crippen LogP contribution in [-0.4, -0.2) is 0 Å². The van der Waals surface area contributed by atoms with Crippen LogP contribution in [0.4, 0.5) is 11.4 Å². The standard InChI is InChI=1S/C24H19N/c1-4-10-19(11-5-1)21-16-17-24(25-22-14-8-3-9-15-22)23(18-21)20-12-6-2-7-13-20/h1-18,25H/i1D,2D,3D,4D,5D,6D,7D,8D,9D,10D,11D,12D,13D,14D,15D. The minimum atomic E-state index is -0.655. The molecule has 4 aromatic carbocycles. The molecular weight excluding hydrogens is 302 g/mol. The van der Waals surface area contributed by atoms with E-state index in [9.17, 15) is 0 Å². The van der Waals surface area contributed by atoms with E-state index in [1.54, 1.807) is 0 Å². The molecule has 0 saturated carbocycles. The van der Waals surface area contributed by atoms with Crippen molar-refractivity contribution in [3.63, 3.8) is 0 Å². The van der Waals surface area contributed by atoms with Gasteiger partial charge in [0.15, 0.2) is 0 Å². The van der Waals surface area contributed by atoms with Crippen molar-refractivity contribution in [2.24, 2.45) is 0 Å². The van der Waals surface area contributed by atoms with Crippen molar-refractivity contribution in [1.29, 1.82) is 0 Å². The number of hydrogen-bond donors (Lipinski definition) is 1. The number of anilines is 2. The zero-order valence-corrected chi connectivity index (χ0v) is 12.7. The molecule has 4 aromatic rings. The predicted octanol–water partition coefficient (Wildman–Crippen LogP) is 6.76. The molecule has 0 atom stereocenters. The first-order chi connectivity index (χ1) is 18.6. The summed E-state index contributed by atoms with van der Waals surface area (Å²) in [4.78, 5) is 0. The summed E-state index contributed by atoms with van der Waals surface area (Å²) in [5, 5.41) is 2.73. The summed E-state index contributed by atoms with van der Waals surface area (Å²) in [5.74, 6) is 0. The second-order valence-electron chi connectivity index (χ2n) is 4.89. The molecule has 0 spiro atoms. The fraction of sp³-hybridized carbons (Fsp3) is 0. The molecule has 0 saturated heterocycles. The number of rotatable bonds is 4. The Bertz CT molecular complexity index is 1640. The molecular formula is C24H19N. The molecule has 25 heavy (non-hydrogen) atoms. The third-order valence-electron chi connectivity index (χ3n) is 3.34. The molecule has 0 amide bonds. The van der Waals surface area contributed by atoms with Gasteiger partial charge in [-0.05, 0) is 40.9 Å². The molecule has 0 heterocycles. The first kappa shape index (κ1) is 5.89. The first-order valence-electron chi connectivity index (χ1n) is 14.7. The highest BCUT2D eigenvalue weighted by Gasteiger charge is 2.08. The molecule has 120 valence electrons. The molecule has 0 aromatic heterocycles. The molecule has 0 aliphatic carbocycles. The van der Waals surface area contributed by atoms with Gasteiger partial charge in [-0.2, -0.15) is 0 Å². The van der Waals surface area contributed by atoms with Crippen LogP contribution in [-0.2, 0) is 0 Å². The van der Waals surface area contributed by atoms with E-state index in [1.807, 2.05) is 0 Å². The van der Waals surface area contributed by atoms with Crippen LogP contribution in [0.25, 0.3) is 22.3 Å². The maximum absolute atomic E-state index is 8.47. The number of nitrogens with one attached hydrogen (secondary N) is 1. The van der Waals surface area contributed by atoms with Crippen LogP contribution in [0.5, 0.6) is 0 Å². The van der Waals surface area contributed by atoms with Gasteiger partial charge in [0.25, 0.3) is 0 Å². The predicted molar refractivity (Wildman–Crippen MR) is 107 cm³/mol. The third-order valence-corrected chi connectivity index (χ3v) is 3.34. The van der Waals surface area contributed by atoms with Gasteiger partial charge in [0.2, 0.25) is 0 Å². The van der Waals surface area contributed by atoms with Crippen LogP contribution in [0, 0.1) is 0 Å². The van der Waals surface area contributed by atoms with E-state index in [-0.39, 0.29) is 33.6 Å². The van der Waals surface area contributed by atoms with Crippen LogP contribution in [0.3, 0.4) is 0 Å². The Balaban J connectivity index is 2.10. The zero-order chi connectivity index (χ0) is 30.0. The van der Waals surface area contributed by atoms with Crippen LogP contribution in [0.2, 0.25) is 0 Å². The van der Waals surface area contributed by atoms with Crippen molar-refractivity contribution < 1.29 is 20.6 Å². The van der Waals surface area contributed by atoms with E-state index in [1.165, 1.54) is 18.2 Å². The maximum Gasteiger partial charge on any atom is 0.0645 e. The van der Waals surface area contributed by atoms with E-state index < -0.39 is 90.6 Å². The summed E-state index contributed by atoms with van der Waals surface area (Å²) < 4.78 is 122. The summed E-state index contributed by atoms with van der Waals surface area (Å²) in [5.41, 5.74) is -0.897. The average Bonchev–Trinajstić information content (AvgIpc) is 2.94. The molecule has 0 aliphatic rings. The Hall–Kier alpha value is -3.32. The summed E-state index contributed by atoms with van der Waals surface area (Å²) in [6.45, 7) is 0. The molecule has 1 N–H and O–H groups in total. The first-order valence-corrected chi connectivity index (χ1v) is 7.24. The Labute approximate surface area is 169 Å². The van der Waals surface area contributed by atoms with Crippen LogP contribution in [0.1, 0.15) is 20.6 Å². The van der Waals surface area contributed by atoms with Gasteiger partial charge in [-0.25, -0.2) is 0 Å². The normalized spacial score (nSPS) is 18.8. The van der Waals surface area contributed by atoms with E-state index in [0.29, 0.717) is 0 Å². The van der Waals surface area contributed by atoms with Crippen molar-refractivity contribution in [3.05, 3.63) is 109 Å². The monoisotopic (exact) mass is 336 g/mol. The van der Waals surface area contributed by atoms with Gasteiger partial charge in [-0.1, -0.05) is 84.6 Å². The Morgan fingerprint density at radius 3 is 1.76 bits per heavy atom. The van der Waals surface area contributed by atoms with E-state index in [0.717, 1.165) is 0 Å². The minimum absolute atomic E-state index is 0.0202. The van der Waals surface area contributed by atoms with Gasteiger partial charge in [-0.3, -0.25) is 0 Å². The third kappa shape index (κ3) is 3.46. The Kier molecular flexibility index (Phi) is 1.66. The van der Waals surface area contributed by atoms with Crippen LogP contribution < -0.4 is 5.32 Å². The van der Waals surface area contributed by atoms with Gasteiger partial charge in [0.1, 0.15) is 0 Å². The summed E-state index contributed by atoms with van der Waals surface area (Å²) in [6.07, 6.45) is 0. The molecule has 1 nitrogen and oxygen atoms in total. The zero-order valence-electron chi connectivity index (χ0n) is 27.7. The minimum Gasteiger partial charge on any atom is -0.355 e. The number of hydrogen-bond acceptors (Lipinski definition) is 1. The second kappa shape index (κ2) is 7.06. The molecule has 0 radical (unpaired) electrons. The van der Waals surface area contributed by atoms with Gasteiger partial charge < -0.3 is 5.32 Å². The summed E-state index contributed by atoms with van der Waals surface area (Å²) in [6, 6.07) is -5.11. The lowest BCUT2D eigenvalue weighted by atomic mass is 9.97. The number of benzene rings is 4. The number of para-hydroxylation sites is 1. The lowest BCUT2D eigenvalue weighted by molar-refractivity contribution is 1.52.